The first-order valence-corrected chi connectivity index (χ1v) is 15.4. The van der Waals surface area contributed by atoms with E-state index in [9.17, 15) is 14.4 Å². The van der Waals surface area contributed by atoms with Crippen molar-refractivity contribution in [3.63, 3.8) is 0 Å². The van der Waals surface area contributed by atoms with Gasteiger partial charge in [-0.25, -0.2) is 10.2 Å². The van der Waals surface area contributed by atoms with Gasteiger partial charge in [-0.3, -0.25) is 9.59 Å². The van der Waals surface area contributed by atoms with Crippen LogP contribution < -0.4 is 19.6 Å². The molecular formula is C32H21Br2Cl2N3O6. The van der Waals surface area contributed by atoms with E-state index in [1.54, 1.807) is 36.4 Å². The second kappa shape index (κ2) is 13.9. The van der Waals surface area contributed by atoms with Gasteiger partial charge in [-0.1, -0.05) is 69.5 Å². The molecule has 0 bridgehead atoms. The van der Waals surface area contributed by atoms with Crippen LogP contribution in [0.4, 0.5) is 0 Å². The number of aromatic nitrogens is 1. The molecule has 0 spiro atoms. The highest BCUT2D eigenvalue weighted by Gasteiger charge is 2.22. The van der Waals surface area contributed by atoms with Crippen molar-refractivity contribution in [1.82, 2.24) is 10.4 Å². The number of nitrogens with one attached hydrogen (secondary N) is 2. The summed E-state index contributed by atoms with van der Waals surface area (Å²) < 4.78 is 17.2. The standard InChI is InChI=1S/C32H21Br2Cl2N3O6/c1-16(40)44-25-11-10-17(13-26(25)43-2)32(42)45-30-18(12-19(33)14-22(30)34)15-37-39-31(41)29-27(20-6-3-4-8-23(20)35)21-7-5-9-24(36)28(21)38-29/h3-15,38H,1-2H3,(H,39,41). The van der Waals surface area contributed by atoms with Crippen molar-refractivity contribution in [2.75, 3.05) is 7.11 Å². The molecule has 228 valence electrons. The third kappa shape index (κ3) is 7.07. The topological polar surface area (TPSA) is 119 Å². The fourth-order valence-electron chi connectivity index (χ4n) is 4.48. The average molecular weight is 774 g/mol. The average Bonchev–Trinajstić information content (AvgIpc) is 3.39. The molecule has 45 heavy (non-hydrogen) atoms. The molecule has 5 rings (SSSR count). The van der Waals surface area contributed by atoms with Gasteiger partial charge in [0.05, 0.1) is 33.9 Å². The second-order valence-electron chi connectivity index (χ2n) is 9.37. The van der Waals surface area contributed by atoms with Crippen LogP contribution in [0.2, 0.25) is 10.0 Å². The lowest BCUT2D eigenvalue weighted by Crippen LogP contribution is -2.19. The normalized spacial score (nSPS) is 11.1. The highest BCUT2D eigenvalue weighted by Crippen LogP contribution is 2.39. The highest BCUT2D eigenvalue weighted by molar-refractivity contribution is 9.11. The molecule has 1 heterocycles. The number of benzene rings is 4. The van der Waals surface area contributed by atoms with Gasteiger partial charge in [0.1, 0.15) is 5.69 Å². The molecule has 1 aromatic heterocycles. The Labute approximate surface area is 283 Å². The lowest BCUT2D eigenvalue weighted by atomic mass is 10.0. The van der Waals surface area contributed by atoms with Crippen LogP contribution in [0.1, 0.15) is 33.3 Å². The predicted molar refractivity (Wildman–Crippen MR) is 180 cm³/mol. The van der Waals surface area contributed by atoms with E-state index in [-0.39, 0.29) is 28.5 Å². The van der Waals surface area contributed by atoms with Crippen molar-refractivity contribution >= 4 is 90.0 Å². The van der Waals surface area contributed by atoms with Crippen molar-refractivity contribution < 1.29 is 28.6 Å². The number of para-hydroxylation sites is 1. The number of methoxy groups -OCH3 is 1. The maximum absolute atomic E-state index is 13.5. The lowest BCUT2D eigenvalue weighted by Gasteiger charge is -2.12. The summed E-state index contributed by atoms with van der Waals surface area (Å²) in [5.74, 6) is -1.34. The molecule has 0 atom stereocenters. The van der Waals surface area contributed by atoms with E-state index < -0.39 is 17.8 Å². The third-order valence-corrected chi connectivity index (χ3v) is 8.10. The Morgan fingerprint density at radius 1 is 0.911 bits per heavy atom. The summed E-state index contributed by atoms with van der Waals surface area (Å²) in [5.41, 5.74) is 5.02. The summed E-state index contributed by atoms with van der Waals surface area (Å²) >= 11 is 19.8. The number of fused-ring (bicyclic) bond motifs is 1. The second-order valence-corrected chi connectivity index (χ2v) is 12.0. The van der Waals surface area contributed by atoms with E-state index in [1.165, 1.54) is 38.4 Å². The molecule has 9 nitrogen and oxygen atoms in total. The molecular weight excluding hydrogens is 753 g/mol. The summed E-state index contributed by atoms with van der Waals surface area (Å²) in [7, 11) is 1.38. The number of H-pyrrole nitrogens is 1. The van der Waals surface area contributed by atoms with Gasteiger partial charge in [0.25, 0.3) is 5.91 Å². The molecule has 0 aliphatic carbocycles. The lowest BCUT2D eigenvalue weighted by molar-refractivity contribution is -0.132. The minimum Gasteiger partial charge on any atom is -0.493 e. The molecule has 4 aromatic carbocycles. The SMILES string of the molecule is COc1cc(C(=O)Oc2c(Br)cc(Br)cc2C=NNC(=O)c2[nH]c3c(Cl)cccc3c2-c2ccccc2Cl)ccc1OC(C)=O. The Hall–Kier alpha value is -4.16. The summed E-state index contributed by atoms with van der Waals surface area (Å²) in [4.78, 5) is 41.1. The summed E-state index contributed by atoms with van der Waals surface area (Å²) in [6.45, 7) is 1.26. The van der Waals surface area contributed by atoms with Gasteiger partial charge in [-0.2, -0.15) is 5.10 Å². The monoisotopic (exact) mass is 771 g/mol. The highest BCUT2D eigenvalue weighted by atomic mass is 79.9. The molecule has 0 saturated heterocycles. The molecule has 0 aliphatic rings. The van der Waals surface area contributed by atoms with E-state index in [0.29, 0.717) is 46.6 Å². The van der Waals surface area contributed by atoms with Crippen LogP contribution in [0.15, 0.2) is 86.8 Å². The number of halogens is 4. The number of ether oxygens (including phenoxy) is 3. The van der Waals surface area contributed by atoms with Crippen LogP contribution in [0.5, 0.6) is 17.2 Å². The van der Waals surface area contributed by atoms with Crippen LogP contribution in [0.3, 0.4) is 0 Å². The number of nitrogens with zero attached hydrogens (tertiary/aromatic N) is 1. The first-order chi connectivity index (χ1) is 21.6. The molecule has 2 N–H and O–H groups in total. The molecule has 13 heteroatoms. The van der Waals surface area contributed by atoms with Crippen LogP contribution in [-0.2, 0) is 4.79 Å². The van der Waals surface area contributed by atoms with Crippen molar-refractivity contribution in [3.8, 4) is 28.4 Å². The summed E-state index contributed by atoms with van der Waals surface area (Å²) in [5, 5.41) is 5.76. The maximum atomic E-state index is 13.5. The summed E-state index contributed by atoms with van der Waals surface area (Å²) in [6, 6.07) is 20.1. The number of hydrogen-bond donors (Lipinski definition) is 2. The fourth-order valence-corrected chi connectivity index (χ4v) is 6.27. The molecule has 5 aromatic rings. The zero-order valence-electron chi connectivity index (χ0n) is 23.4. The van der Waals surface area contributed by atoms with Crippen molar-refractivity contribution in [2.45, 2.75) is 6.92 Å². The first kappa shape index (κ1) is 32.2. The number of carbonyl (C=O) groups excluding carboxylic acids is 3. The number of esters is 2. The van der Waals surface area contributed by atoms with Crippen molar-refractivity contribution in [3.05, 3.63) is 109 Å². The molecule has 0 radical (unpaired) electrons. The molecule has 1 amide bonds. The minimum absolute atomic E-state index is 0.137. The number of amides is 1. The smallest absolute Gasteiger partial charge is 0.343 e. The van der Waals surface area contributed by atoms with Crippen LogP contribution in [-0.4, -0.2) is 36.2 Å². The van der Waals surface area contributed by atoms with Gasteiger partial charge in [0.15, 0.2) is 17.2 Å². The van der Waals surface area contributed by atoms with E-state index in [0.717, 1.165) is 0 Å². The third-order valence-electron chi connectivity index (χ3n) is 6.41. The van der Waals surface area contributed by atoms with Gasteiger partial charge >= 0.3 is 11.9 Å². The molecule has 0 aliphatic heterocycles. The van der Waals surface area contributed by atoms with E-state index >= 15 is 0 Å². The number of hydrazone groups is 1. The largest absolute Gasteiger partial charge is 0.493 e. The van der Waals surface area contributed by atoms with Crippen LogP contribution in [0.25, 0.3) is 22.0 Å². The Bertz CT molecular complexity index is 2010. The van der Waals surface area contributed by atoms with E-state index in [4.69, 9.17) is 37.4 Å². The quantitative estimate of drug-likeness (QED) is 0.0706. The van der Waals surface area contributed by atoms with Gasteiger partial charge in [0, 0.05) is 38.5 Å². The Kier molecular flexibility index (Phi) is 9.93. The van der Waals surface area contributed by atoms with Crippen LogP contribution in [0, 0.1) is 0 Å². The first-order valence-electron chi connectivity index (χ1n) is 13.0. The number of hydrogen-bond acceptors (Lipinski definition) is 7. The van der Waals surface area contributed by atoms with E-state index in [1.807, 2.05) is 18.2 Å². The Balaban J connectivity index is 1.43. The Morgan fingerprint density at radius 2 is 1.67 bits per heavy atom. The molecule has 0 unspecified atom stereocenters. The zero-order valence-corrected chi connectivity index (χ0v) is 28.1. The molecule has 0 fully saturated rings. The fraction of sp³-hybridized carbons (Fsp3) is 0.0625. The van der Waals surface area contributed by atoms with Gasteiger partial charge in [0.2, 0.25) is 0 Å². The number of carbonyl (C=O) groups is 3. The number of rotatable bonds is 8. The van der Waals surface area contributed by atoms with Gasteiger partial charge in [-0.15, -0.1) is 0 Å². The van der Waals surface area contributed by atoms with Crippen molar-refractivity contribution in [2.24, 2.45) is 5.10 Å². The predicted octanol–water partition coefficient (Wildman–Crippen LogP) is 8.58. The number of aromatic amines is 1. The maximum Gasteiger partial charge on any atom is 0.343 e. The van der Waals surface area contributed by atoms with Gasteiger partial charge < -0.3 is 19.2 Å². The van der Waals surface area contributed by atoms with Crippen molar-refractivity contribution in [1.29, 1.82) is 0 Å². The van der Waals surface area contributed by atoms with Gasteiger partial charge in [-0.05, 0) is 58.4 Å². The Morgan fingerprint density at radius 3 is 2.40 bits per heavy atom. The summed E-state index contributed by atoms with van der Waals surface area (Å²) in [6.07, 6.45) is 1.34. The van der Waals surface area contributed by atoms with Crippen LogP contribution >= 0.6 is 55.1 Å². The van der Waals surface area contributed by atoms with E-state index in [2.05, 4.69) is 47.4 Å². The minimum atomic E-state index is -0.719. The zero-order chi connectivity index (χ0) is 32.2. The molecule has 0 saturated carbocycles.